The Morgan fingerprint density at radius 2 is 1.90 bits per heavy atom. The summed E-state index contributed by atoms with van der Waals surface area (Å²) >= 11 is 0. The fourth-order valence-corrected chi connectivity index (χ4v) is 2.36. The Morgan fingerprint density at radius 1 is 1.25 bits per heavy atom. The first-order valence-corrected chi connectivity index (χ1v) is 6.93. The largest absolute Gasteiger partial charge is 0.497 e. The van der Waals surface area contributed by atoms with Crippen molar-refractivity contribution in [3.63, 3.8) is 0 Å². The van der Waals surface area contributed by atoms with E-state index in [1.54, 1.807) is 7.11 Å². The number of methoxy groups -OCH3 is 1. The number of benzene rings is 1. The molecule has 0 aliphatic carbocycles. The lowest BCUT2D eigenvalue weighted by Gasteiger charge is -2.37. The van der Waals surface area contributed by atoms with E-state index in [-0.39, 0.29) is 0 Å². The number of aliphatic imine (C=N–C) groups is 1. The van der Waals surface area contributed by atoms with Gasteiger partial charge in [-0.05, 0) is 31.2 Å². The minimum absolute atomic E-state index is 0.734. The Labute approximate surface area is 120 Å². The maximum atomic E-state index is 5.52. The fraction of sp³-hybridized carbons (Fsp3) is 0.500. The summed E-state index contributed by atoms with van der Waals surface area (Å²) in [4.78, 5) is 8.90. The van der Waals surface area contributed by atoms with Gasteiger partial charge in [0.15, 0.2) is 0 Å². The standard InChI is InChI=1S/C14H23N5O/c1-3-16-14(17-15)19-10-8-18(9-11-19)12-4-6-13(20-2)7-5-12/h4-7H,3,8-11,15H2,1-2H3,(H,16,17). The van der Waals surface area contributed by atoms with Crippen LogP contribution >= 0.6 is 0 Å². The van der Waals surface area contributed by atoms with Crippen molar-refractivity contribution in [1.29, 1.82) is 0 Å². The number of rotatable bonds is 3. The molecule has 1 aromatic carbocycles. The predicted molar refractivity (Wildman–Crippen MR) is 82.1 cm³/mol. The molecular weight excluding hydrogens is 254 g/mol. The zero-order valence-corrected chi connectivity index (χ0v) is 12.2. The Morgan fingerprint density at radius 3 is 2.40 bits per heavy atom. The highest BCUT2D eigenvalue weighted by molar-refractivity contribution is 5.79. The number of nitrogens with one attached hydrogen (secondary N) is 1. The van der Waals surface area contributed by atoms with Crippen LogP contribution in [0.15, 0.2) is 29.3 Å². The van der Waals surface area contributed by atoms with Gasteiger partial charge in [0.1, 0.15) is 5.75 Å². The van der Waals surface area contributed by atoms with Crippen LogP contribution in [-0.2, 0) is 0 Å². The van der Waals surface area contributed by atoms with E-state index in [0.29, 0.717) is 0 Å². The van der Waals surface area contributed by atoms with Gasteiger partial charge < -0.3 is 14.5 Å². The topological polar surface area (TPSA) is 66.1 Å². The smallest absolute Gasteiger partial charge is 0.208 e. The molecule has 0 saturated carbocycles. The molecule has 0 amide bonds. The Kier molecular flexibility index (Phi) is 5.06. The maximum absolute atomic E-state index is 5.52. The van der Waals surface area contributed by atoms with Crippen LogP contribution in [0, 0.1) is 0 Å². The Hall–Kier alpha value is -1.95. The van der Waals surface area contributed by atoms with E-state index in [4.69, 9.17) is 10.6 Å². The van der Waals surface area contributed by atoms with Crippen LogP contribution in [-0.4, -0.2) is 50.7 Å². The normalized spacial score (nSPS) is 16.2. The molecular formula is C14H23N5O. The average Bonchev–Trinajstić information content (AvgIpc) is 2.53. The van der Waals surface area contributed by atoms with Crippen LogP contribution in [0.5, 0.6) is 5.75 Å². The number of ether oxygens (including phenoxy) is 1. The number of nitrogens with two attached hydrogens (primary N) is 1. The van der Waals surface area contributed by atoms with Crippen molar-refractivity contribution < 1.29 is 4.74 Å². The van der Waals surface area contributed by atoms with Gasteiger partial charge in [-0.2, -0.15) is 0 Å². The number of anilines is 1. The van der Waals surface area contributed by atoms with Crippen molar-refractivity contribution in [1.82, 2.24) is 10.3 Å². The minimum Gasteiger partial charge on any atom is -0.497 e. The summed E-state index contributed by atoms with van der Waals surface area (Å²) in [5.41, 5.74) is 3.91. The SMILES string of the molecule is CCN=C(NN)N1CCN(c2ccc(OC)cc2)CC1. The molecule has 20 heavy (non-hydrogen) atoms. The molecule has 0 radical (unpaired) electrons. The molecule has 110 valence electrons. The monoisotopic (exact) mass is 277 g/mol. The van der Waals surface area contributed by atoms with Crippen LogP contribution in [0.4, 0.5) is 5.69 Å². The Balaban J connectivity index is 1.94. The van der Waals surface area contributed by atoms with Gasteiger partial charge in [-0.25, -0.2) is 5.84 Å². The van der Waals surface area contributed by atoms with Gasteiger partial charge in [0.05, 0.1) is 7.11 Å². The van der Waals surface area contributed by atoms with Gasteiger partial charge in [-0.15, -0.1) is 0 Å². The average molecular weight is 277 g/mol. The predicted octanol–water partition coefficient (Wildman–Crippen LogP) is 0.656. The number of piperazine rings is 1. The molecule has 1 aliphatic heterocycles. The number of hydrogen-bond donors (Lipinski definition) is 2. The van der Waals surface area contributed by atoms with E-state index in [1.165, 1.54) is 5.69 Å². The van der Waals surface area contributed by atoms with Crippen LogP contribution in [0.3, 0.4) is 0 Å². The minimum atomic E-state index is 0.734. The molecule has 0 bridgehead atoms. The lowest BCUT2D eigenvalue weighted by molar-refractivity contribution is 0.372. The van der Waals surface area contributed by atoms with Crippen LogP contribution < -0.4 is 20.9 Å². The second-order valence-corrected chi connectivity index (χ2v) is 4.61. The number of guanidine groups is 1. The fourth-order valence-electron chi connectivity index (χ4n) is 2.36. The molecule has 6 nitrogen and oxygen atoms in total. The zero-order valence-electron chi connectivity index (χ0n) is 12.2. The summed E-state index contributed by atoms with van der Waals surface area (Å²) < 4.78 is 5.18. The van der Waals surface area contributed by atoms with Crippen LogP contribution in [0.2, 0.25) is 0 Å². The highest BCUT2D eigenvalue weighted by atomic mass is 16.5. The maximum Gasteiger partial charge on any atom is 0.208 e. The lowest BCUT2D eigenvalue weighted by atomic mass is 10.2. The van der Waals surface area contributed by atoms with Gasteiger partial charge in [-0.1, -0.05) is 0 Å². The number of hydrogen-bond acceptors (Lipinski definition) is 4. The summed E-state index contributed by atoms with van der Waals surface area (Å²) in [5, 5.41) is 0. The summed E-state index contributed by atoms with van der Waals surface area (Å²) in [6, 6.07) is 8.17. The molecule has 3 N–H and O–H groups in total. The van der Waals surface area contributed by atoms with E-state index >= 15 is 0 Å². The lowest BCUT2D eigenvalue weighted by Crippen LogP contribution is -2.54. The molecule has 1 saturated heterocycles. The van der Waals surface area contributed by atoms with E-state index in [1.807, 2.05) is 19.1 Å². The van der Waals surface area contributed by atoms with Crippen molar-refractivity contribution >= 4 is 11.6 Å². The van der Waals surface area contributed by atoms with E-state index in [2.05, 4.69) is 32.4 Å². The van der Waals surface area contributed by atoms with Crippen LogP contribution in [0.1, 0.15) is 6.92 Å². The zero-order chi connectivity index (χ0) is 14.4. The molecule has 0 aromatic heterocycles. The molecule has 1 aliphatic rings. The van der Waals surface area contributed by atoms with Gasteiger partial charge in [0.2, 0.25) is 5.96 Å². The molecule has 0 spiro atoms. The van der Waals surface area contributed by atoms with Gasteiger partial charge in [-0.3, -0.25) is 10.4 Å². The second-order valence-electron chi connectivity index (χ2n) is 4.61. The molecule has 0 atom stereocenters. The third-order valence-electron chi connectivity index (χ3n) is 3.45. The van der Waals surface area contributed by atoms with Crippen molar-refractivity contribution in [3.8, 4) is 5.75 Å². The summed E-state index contributed by atoms with van der Waals surface area (Å²) in [7, 11) is 1.68. The van der Waals surface area contributed by atoms with E-state index < -0.39 is 0 Å². The molecule has 1 fully saturated rings. The summed E-state index contributed by atoms with van der Waals surface area (Å²) in [6.07, 6.45) is 0. The van der Waals surface area contributed by atoms with Crippen LogP contribution in [0.25, 0.3) is 0 Å². The third kappa shape index (κ3) is 3.33. The van der Waals surface area contributed by atoms with E-state index in [0.717, 1.165) is 44.4 Å². The Bertz CT molecular complexity index is 437. The first kappa shape index (κ1) is 14.5. The number of nitrogens with zero attached hydrogens (tertiary/aromatic N) is 3. The van der Waals surface area contributed by atoms with Crippen molar-refractivity contribution in [3.05, 3.63) is 24.3 Å². The quantitative estimate of drug-likeness (QED) is 0.368. The second kappa shape index (κ2) is 7.00. The summed E-state index contributed by atoms with van der Waals surface area (Å²) in [5.74, 6) is 7.18. The molecule has 2 rings (SSSR count). The molecule has 0 unspecified atom stereocenters. The van der Waals surface area contributed by atoms with Gasteiger partial charge in [0, 0.05) is 38.4 Å². The first-order valence-electron chi connectivity index (χ1n) is 6.93. The molecule has 1 heterocycles. The highest BCUT2D eigenvalue weighted by Gasteiger charge is 2.19. The van der Waals surface area contributed by atoms with Gasteiger partial charge in [0.25, 0.3) is 0 Å². The highest BCUT2D eigenvalue weighted by Crippen LogP contribution is 2.20. The molecule has 1 aromatic rings. The third-order valence-corrected chi connectivity index (χ3v) is 3.45. The van der Waals surface area contributed by atoms with E-state index in [9.17, 15) is 0 Å². The van der Waals surface area contributed by atoms with Gasteiger partial charge >= 0.3 is 0 Å². The number of hydrazine groups is 1. The molecule has 6 heteroatoms. The van der Waals surface area contributed by atoms with Crippen molar-refractivity contribution in [2.75, 3.05) is 44.7 Å². The van der Waals surface area contributed by atoms with Crippen molar-refractivity contribution in [2.24, 2.45) is 10.8 Å². The van der Waals surface area contributed by atoms with Crippen molar-refractivity contribution in [2.45, 2.75) is 6.92 Å². The first-order chi connectivity index (χ1) is 9.78. The summed E-state index contributed by atoms with van der Waals surface area (Å²) in [6.45, 7) is 6.47.